The zero-order valence-corrected chi connectivity index (χ0v) is 21.4. The van der Waals surface area contributed by atoms with Gasteiger partial charge in [-0.3, -0.25) is 19.2 Å². The summed E-state index contributed by atoms with van der Waals surface area (Å²) >= 11 is 0. The number of amides is 5. The van der Waals surface area contributed by atoms with E-state index in [0.29, 0.717) is 6.42 Å². The summed E-state index contributed by atoms with van der Waals surface area (Å²) in [5.41, 5.74) is 4.61. The van der Waals surface area contributed by atoms with Crippen molar-refractivity contribution >= 4 is 29.5 Å². The van der Waals surface area contributed by atoms with Gasteiger partial charge in [-0.15, -0.1) is 6.58 Å². The maximum absolute atomic E-state index is 13.1. The third-order valence-electron chi connectivity index (χ3n) is 6.40. The number of Topliss-reactive ketones (excluding diaryl/α,β-unsaturated/α-hetero) is 1. The van der Waals surface area contributed by atoms with Crippen LogP contribution in [0.4, 0.5) is 13.6 Å². The molecule has 1 saturated carbocycles. The van der Waals surface area contributed by atoms with Crippen LogP contribution in [0, 0.1) is 23.2 Å². The summed E-state index contributed by atoms with van der Waals surface area (Å²) in [6.07, 6.45) is -0.347. The predicted octanol–water partition coefficient (Wildman–Crippen LogP) is 1.25. The van der Waals surface area contributed by atoms with E-state index in [9.17, 15) is 32.8 Å². The molecule has 0 bridgehead atoms. The molecule has 0 aromatic rings. The van der Waals surface area contributed by atoms with Crippen LogP contribution >= 0.6 is 0 Å². The number of rotatable bonds is 13. The van der Waals surface area contributed by atoms with Crippen molar-refractivity contribution in [2.45, 2.75) is 71.9 Å². The number of halogens is 2. The van der Waals surface area contributed by atoms with Gasteiger partial charge in [-0.25, -0.2) is 13.6 Å². The maximum Gasteiger partial charge on any atom is 0.312 e. The van der Waals surface area contributed by atoms with E-state index in [-0.39, 0.29) is 24.9 Å². The normalized spacial score (nSPS) is 20.1. The number of ketones is 1. The topological polar surface area (TPSA) is 159 Å². The van der Waals surface area contributed by atoms with Gasteiger partial charge in [-0.1, -0.05) is 40.2 Å². The van der Waals surface area contributed by atoms with Crippen molar-refractivity contribution in [3.63, 3.8) is 0 Å². The quantitative estimate of drug-likeness (QED) is 0.184. The van der Waals surface area contributed by atoms with Gasteiger partial charge < -0.3 is 27.0 Å². The molecule has 5 amide bonds. The number of alkyl halides is 2. The van der Waals surface area contributed by atoms with Crippen molar-refractivity contribution < 1.29 is 32.8 Å². The number of primary amides is 1. The zero-order chi connectivity index (χ0) is 27.6. The fraction of sp³-hybridized carbons (Fsp3) is 0.708. The number of hydrogen-bond acceptors (Lipinski definition) is 5. The van der Waals surface area contributed by atoms with E-state index in [1.807, 2.05) is 0 Å². The van der Waals surface area contributed by atoms with Crippen LogP contribution in [0.2, 0.25) is 0 Å². The summed E-state index contributed by atoms with van der Waals surface area (Å²) < 4.78 is 26.1. The van der Waals surface area contributed by atoms with Crippen molar-refractivity contribution in [1.82, 2.24) is 21.3 Å². The fourth-order valence-corrected chi connectivity index (χ4v) is 4.45. The molecule has 0 saturated heterocycles. The Morgan fingerprint density at radius 1 is 1.06 bits per heavy atom. The molecular weight excluding hydrogens is 476 g/mol. The first-order valence-electron chi connectivity index (χ1n) is 12.0. The molecule has 1 aliphatic carbocycles. The Labute approximate surface area is 210 Å². The van der Waals surface area contributed by atoms with Gasteiger partial charge in [-0.05, 0) is 30.1 Å². The van der Waals surface area contributed by atoms with E-state index < -0.39 is 65.8 Å². The monoisotopic (exact) mass is 515 g/mol. The van der Waals surface area contributed by atoms with E-state index in [0.717, 1.165) is 12.8 Å². The minimum atomic E-state index is -2.90. The van der Waals surface area contributed by atoms with Gasteiger partial charge in [0.05, 0.1) is 0 Å². The molecule has 6 N–H and O–H groups in total. The first kappa shape index (κ1) is 31.0. The van der Waals surface area contributed by atoms with Gasteiger partial charge in [-0.2, -0.15) is 0 Å². The Balaban J connectivity index is 2.84. The third kappa shape index (κ3) is 9.54. The molecule has 36 heavy (non-hydrogen) atoms. The molecule has 12 heteroatoms. The molecule has 0 spiro atoms. The van der Waals surface area contributed by atoms with Crippen LogP contribution in [0.5, 0.6) is 0 Å². The second-order valence-electron chi connectivity index (χ2n) is 10.2. The molecule has 0 aliphatic heterocycles. The van der Waals surface area contributed by atoms with Gasteiger partial charge >= 0.3 is 6.03 Å². The molecular formula is C24H39F2N5O5. The second kappa shape index (κ2) is 13.9. The van der Waals surface area contributed by atoms with Crippen molar-refractivity contribution in [3.8, 4) is 0 Å². The van der Waals surface area contributed by atoms with Gasteiger partial charge in [0.2, 0.25) is 24.0 Å². The van der Waals surface area contributed by atoms with Crippen LogP contribution in [0.1, 0.15) is 53.4 Å². The van der Waals surface area contributed by atoms with Crippen molar-refractivity contribution in [2.24, 2.45) is 28.9 Å². The smallest absolute Gasteiger partial charge is 0.312 e. The Hall–Kier alpha value is -3.05. The fourth-order valence-electron chi connectivity index (χ4n) is 4.45. The van der Waals surface area contributed by atoms with Crippen molar-refractivity contribution in [2.75, 3.05) is 13.1 Å². The maximum atomic E-state index is 13.1. The lowest BCUT2D eigenvalue weighted by Crippen LogP contribution is -2.55. The summed E-state index contributed by atoms with van der Waals surface area (Å²) in [7, 11) is 0. The van der Waals surface area contributed by atoms with Crippen LogP contribution in [0.15, 0.2) is 12.7 Å². The minimum Gasteiger partial charge on any atom is -0.354 e. The lowest BCUT2D eigenvalue weighted by atomic mass is 9.83. The van der Waals surface area contributed by atoms with E-state index in [4.69, 9.17) is 5.73 Å². The summed E-state index contributed by atoms with van der Waals surface area (Å²) in [5, 5.41) is 9.83. The first-order valence-corrected chi connectivity index (χ1v) is 12.0. The standard InChI is InChI=1S/C24H39F2N5O5/c1-6-10-28-21(34)18(32)16(11-17(25)26)30-20(33)13(2)15-9-7-8-14(15)12-29-22(35)19(24(3,4)5)31-23(27)36/h6,13-17,19H,1,7-12H2,2-5H3,(H,28,34)(H,29,35)(H,30,33)(H3,27,31,36)/t13-,14-,15+,16-,19+/m0/s1. The van der Waals surface area contributed by atoms with E-state index in [1.54, 1.807) is 27.7 Å². The molecule has 0 aromatic carbocycles. The number of urea groups is 1. The highest BCUT2D eigenvalue weighted by atomic mass is 19.3. The number of nitrogens with one attached hydrogen (secondary N) is 4. The Morgan fingerprint density at radius 3 is 2.22 bits per heavy atom. The summed E-state index contributed by atoms with van der Waals surface area (Å²) in [4.78, 5) is 61.3. The van der Waals surface area contributed by atoms with Crippen molar-refractivity contribution in [1.29, 1.82) is 0 Å². The molecule has 1 fully saturated rings. The molecule has 0 unspecified atom stereocenters. The SMILES string of the molecule is C=CCNC(=O)C(=O)[C@H](CC(F)F)NC(=O)[C@@H](C)[C@H]1CCC[C@H]1CNC(=O)[C@@H](NC(N)=O)C(C)(C)C. The Morgan fingerprint density at radius 2 is 1.69 bits per heavy atom. The van der Waals surface area contributed by atoms with E-state index in [2.05, 4.69) is 27.8 Å². The molecule has 0 heterocycles. The van der Waals surface area contributed by atoms with E-state index >= 15 is 0 Å². The number of nitrogens with two attached hydrogens (primary N) is 1. The molecule has 1 rings (SSSR count). The Kier molecular flexibility index (Phi) is 11.9. The molecule has 10 nitrogen and oxygen atoms in total. The van der Waals surface area contributed by atoms with Crippen LogP contribution in [-0.4, -0.2) is 61.1 Å². The highest BCUT2D eigenvalue weighted by Crippen LogP contribution is 2.37. The molecule has 1 aliphatic rings. The average molecular weight is 516 g/mol. The van der Waals surface area contributed by atoms with Crippen LogP contribution in [-0.2, 0) is 19.2 Å². The first-order chi connectivity index (χ1) is 16.7. The molecule has 204 valence electrons. The van der Waals surface area contributed by atoms with Gasteiger partial charge in [0.1, 0.15) is 12.1 Å². The summed E-state index contributed by atoms with van der Waals surface area (Å²) in [6, 6.07) is -3.33. The Bertz CT molecular complexity index is 830. The second-order valence-corrected chi connectivity index (χ2v) is 10.2. The number of hydrogen-bond donors (Lipinski definition) is 5. The van der Waals surface area contributed by atoms with Gasteiger partial charge in [0.25, 0.3) is 5.91 Å². The lowest BCUT2D eigenvalue weighted by Gasteiger charge is -2.31. The highest BCUT2D eigenvalue weighted by molar-refractivity contribution is 6.38. The van der Waals surface area contributed by atoms with E-state index in [1.165, 1.54) is 6.08 Å². The number of carbonyl (C=O) groups is 5. The van der Waals surface area contributed by atoms with Gasteiger partial charge in [0, 0.05) is 25.4 Å². The number of carbonyl (C=O) groups excluding carboxylic acids is 5. The van der Waals surface area contributed by atoms with Crippen molar-refractivity contribution in [3.05, 3.63) is 12.7 Å². The van der Waals surface area contributed by atoms with Crippen LogP contribution in [0.25, 0.3) is 0 Å². The average Bonchev–Trinajstić information content (AvgIpc) is 3.25. The van der Waals surface area contributed by atoms with Crippen LogP contribution < -0.4 is 27.0 Å². The third-order valence-corrected chi connectivity index (χ3v) is 6.40. The van der Waals surface area contributed by atoms with Crippen LogP contribution in [0.3, 0.4) is 0 Å². The molecule has 5 atom stereocenters. The summed E-state index contributed by atoms with van der Waals surface area (Å²) in [6.45, 7) is 10.6. The lowest BCUT2D eigenvalue weighted by molar-refractivity contribution is -0.141. The summed E-state index contributed by atoms with van der Waals surface area (Å²) in [5.74, 6) is -4.16. The zero-order valence-electron chi connectivity index (χ0n) is 21.4. The molecule has 0 aromatic heterocycles. The predicted molar refractivity (Wildman–Crippen MR) is 130 cm³/mol. The minimum absolute atomic E-state index is 0.0170. The van der Waals surface area contributed by atoms with Gasteiger partial charge in [0.15, 0.2) is 0 Å². The molecule has 0 radical (unpaired) electrons. The largest absolute Gasteiger partial charge is 0.354 e. The highest BCUT2D eigenvalue weighted by Gasteiger charge is 2.38.